The molecule has 0 bridgehead atoms. The van der Waals surface area contributed by atoms with Crippen molar-refractivity contribution < 1.29 is 9.50 Å². The molecule has 1 aliphatic rings. The Morgan fingerprint density at radius 1 is 1.35 bits per heavy atom. The summed E-state index contributed by atoms with van der Waals surface area (Å²) in [7, 11) is 3.92. The minimum absolute atomic E-state index is 0.325. The van der Waals surface area contributed by atoms with Gasteiger partial charge in [0, 0.05) is 45.7 Å². The zero-order valence-electron chi connectivity index (χ0n) is 13.4. The van der Waals surface area contributed by atoms with E-state index in [0.717, 1.165) is 30.0 Å². The van der Waals surface area contributed by atoms with Crippen molar-refractivity contribution in [2.45, 2.75) is 19.1 Å². The van der Waals surface area contributed by atoms with Crippen LogP contribution in [-0.4, -0.2) is 47.2 Å². The number of hydrogen-bond acceptors (Lipinski definition) is 5. The second kappa shape index (κ2) is 6.60. The lowest BCUT2D eigenvalue weighted by molar-refractivity contribution is 0.105. The zero-order valence-corrected chi connectivity index (χ0v) is 13.4. The van der Waals surface area contributed by atoms with E-state index in [1.54, 1.807) is 18.5 Å². The number of aliphatic hydroxyl groups excluding tert-OH is 1. The Hall–Kier alpha value is -2.05. The van der Waals surface area contributed by atoms with Gasteiger partial charge in [0.2, 0.25) is 0 Å². The number of rotatable bonds is 4. The van der Waals surface area contributed by atoms with Crippen LogP contribution in [0.15, 0.2) is 30.6 Å². The third-order valence-electron chi connectivity index (χ3n) is 4.15. The molecule has 1 aliphatic heterocycles. The first-order chi connectivity index (χ1) is 11.0. The topological polar surface area (TPSA) is 52.5 Å². The molecule has 0 aliphatic carbocycles. The number of hydrogen-bond donors (Lipinski definition) is 1. The smallest absolute Gasteiger partial charge is 0.136 e. The number of anilines is 1. The van der Waals surface area contributed by atoms with Crippen molar-refractivity contribution >= 4 is 5.82 Å². The highest BCUT2D eigenvalue weighted by molar-refractivity contribution is 5.48. The number of aliphatic hydroxyl groups is 1. The SMILES string of the molecule is CN(C)c1ncnc2c1CN(C[C@@H](O)c1cccc(F)c1)CC2. The van der Waals surface area contributed by atoms with E-state index >= 15 is 0 Å². The molecule has 2 heterocycles. The van der Waals surface area contributed by atoms with E-state index in [9.17, 15) is 9.50 Å². The molecule has 23 heavy (non-hydrogen) atoms. The van der Waals surface area contributed by atoms with Crippen molar-refractivity contribution in [1.82, 2.24) is 14.9 Å². The van der Waals surface area contributed by atoms with Crippen molar-refractivity contribution in [2.24, 2.45) is 0 Å². The van der Waals surface area contributed by atoms with Gasteiger partial charge in [0.25, 0.3) is 0 Å². The summed E-state index contributed by atoms with van der Waals surface area (Å²) in [5, 5.41) is 10.4. The van der Waals surface area contributed by atoms with Crippen LogP contribution < -0.4 is 4.90 Å². The minimum atomic E-state index is -0.709. The molecule has 1 aromatic carbocycles. The Bertz CT molecular complexity index is 692. The molecule has 6 heteroatoms. The fourth-order valence-electron chi connectivity index (χ4n) is 2.99. The lowest BCUT2D eigenvalue weighted by Crippen LogP contribution is -2.35. The summed E-state index contributed by atoms with van der Waals surface area (Å²) in [6, 6.07) is 6.14. The molecule has 5 nitrogen and oxygen atoms in total. The molecular formula is C17H21FN4O. The molecule has 2 aromatic rings. The van der Waals surface area contributed by atoms with E-state index in [1.807, 2.05) is 19.0 Å². The Labute approximate surface area is 135 Å². The quantitative estimate of drug-likeness (QED) is 0.932. The van der Waals surface area contributed by atoms with E-state index in [4.69, 9.17) is 0 Å². The monoisotopic (exact) mass is 316 g/mol. The van der Waals surface area contributed by atoms with Gasteiger partial charge in [-0.15, -0.1) is 0 Å². The van der Waals surface area contributed by atoms with Gasteiger partial charge in [-0.2, -0.15) is 0 Å². The van der Waals surface area contributed by atoms with Crippen LogP contribution in [0.25, 0.3) is 0 Å². The standard InChI is InChI=1S/C17H21FN4O/c1-21(2)17-14-9-22(7-6-15(14)19-11-20-17)10-16(23)12-4-3-5-13(18)8-12/h3-5,8,11,16,23H,6-7,9-10H2,1-2H3/t16-/m1/s1. The summed E-state index contributed by atoms with van der Waals surface area (Å²) in [6.07, 6.45) is 1.72. The maximum absolute atomic E-state index is 13.3. The Morgan fingerprint density at radius 2 is 2.17 bits per heavy atom. The maximum Gasteiger partial charge on any atom is 0.136 e. The van der Waals surface area contributed by atoms with Crippen LogP contribution in [0.4, 0.5) is 10.2 Å². The van der Waals surface area contributed by atoms with Crippen molar-refractivity contribution in [3.8, 4) is 0 Å². The van der Waals surface area contributed by atoms with E-state index in [0.29, 0.717) is 18.7 Å². The van der Waals surface area contributed by atoms with Gasteiger partial charge in [-0.1, -0.05) is 12.1 Å². The molecule has 122 valence electrons. The highest BCUT2D eigenvalue weighted by Gasteiger charge is 2.23. The van der Waals surface area contributed by atoms with Crippen LogP contribution >= 0.6 is 0 Å². The average molecular weight is 316 g/mol. The van der Waals surface area contributed by atoms with Crippen LogP contribution in [0.3, 0.4) is 0 Å². The summed E-state index contributed by atoms with van der Waals surface area (Å²) in [4.78, 5) is 12.9. The van der Waals surface area contributed by atoms with Gasteiger partial charge in [0.15, 0.2) is 0 Å². The van der Waals surface area contributed by atoms with E-state index in [-0.39, 0.29) is 5.82 Å². The third kappa shape index (κ3) is 3.48. The van der Waals surface area contributed by atoms with Crippen molar-refractivity contribution in [1.29, 1.82) is 0 Å². The van der Waals surface area contributed by atoms with Crippen LogP contribution in [0, 0.1) is 5.82 Å². The molecule has 0 spiro atoms. The molecule has 1 atom stereocenters. The lowest BCUT2D eigenvalue weighted by atomic mass is 10.0. The fourth-order valence-corrected chi connectivity index (χ4v) is 2.99. The first kappa shape index (κ1) is 15.8. The third-order valence-corrected chi connectivity index (χ3v) is 4.15. The van der Waals surface area contributed by atoms with Crippen LogP contribution in [0.1, 0.15) is 22.9 Å². The molecule has 0 saturated carbocycles. The summed E-state index contributed by atoms with van der Waals surface area (Å²) in [5.41, 5.74) is 2.78. The first-order valence-electron chi connectivity index (χ1n) is 7.70. The number of nitrogens with zero attached hydrogens (tertiary/aromatic N) is 4. The summed E-state index contributed by atoms with van der Waals surface area (Å²) in [6.45, 7) is 1.98. The van der Waals surface area contributed by atoms with Crippen molar-refractivity contribution in [2.75, 3.05) is 32.1 Å². The average Bonchev–Trinajstić information content (AvgIpc) is 2.54. The highest BCUT2D eigenvalue weighted by Crippen LogP contribution is 2.26. The molecule has 0 amide bonds. The van der Waals surface area contributed by atoms with E-state index in [1.165, 1.54) is 12.1 Å². The number of fused-ring (bicyclic) bond motifs is 1. The summed E-state index contributed by atoms with van der Waals surface area (Å²) in [5.74, 6) is 0.591. The molecule has 0 unspecified atom stereocenters. The Kier molecular flexibility index (Phi) is 4.54. The Morgan fingerprint density at radius 3 is 2.91 bits per heavy atom. The van der Waals surface area contributed by atoms with E-state index < -0.39 is 6.10 Å². The van der Waals surface area contributed by atoms with Gasteiger partial charge in [-0.05, 0) is 17.7 Å². The molecule has 1 N–H and O–H groups in total. The second-order valence-electron chi connectivity index (χ2n) is 6.07. The second-order valence-corrected chi connectivity index (χ2v) is 6.07. The van der Waals surface area contributed by atoms with Gasteiger partial charge in [-0.25, -0.2) is 14.4 Å². The van der Waals surface area contributed by atoms with Gasteiger partial charge < -0.3 is 10.0 Å². The Balaban J connectivity index is 1.74. The van der Waals surface area contributed by atoms with Crippen molar-refractivity contribution in [3.05, 3.63) is 53.2 Å². The molecule has 0 radical (unpaired) electrons. The first-order valence-corrected chi connectivity index (χ1v) is 7.70. The van der Waals surface area contributed by atoms with E-state index in [2.05, 4.69) is 14.9 Å². The predicted octanol–water partition coefficient (Wildman–Crippen LogP) is 1.77. The predicted molar refractivity (Wildman–Crippen MR) is 86.7 cm³/mol. The number of β-amino-alcohol motifs (C(OH)–C–C–N with tert-alkyl or cyclic N) is 1. The minimum Gasteiger partial charge on any atom is -0.387 e. The van der Waals surface area contributed by atoms with Crippen LogP contribution in [0.2, 0.25) is 0 Å². The largest absolute Gasteiger partial charge is 0.387 e. The van der Waals surface area contributed by atoms with Gasteiger partial charge in [0.1, 0.15) is 18.0 Å². The lowest BCUT2D eigenvalue weighted by Gasteiger charge is -2.31. The molecule has 0 fully saturated rings. The van der Waals surface area contributed by atoms with Crippen molar-refractivity contribution in [3.63, 3.8) is 0 Å². The normalized spacial score (nSPS) is 16.0. The molecule has 3 rings (SSSR count). The number of halogens is 1. The van der Waals surface area contributed by atoms with Gasteiger partial charge in [-0.3, -0.25) is 4.90 Å². The number of benzene rings is 1. The highest BCUT2D eigenvalue weighted by atomic mass is 19.1. The molecule has 0 saturated heterocycles. The van der Waals surface area contributed by atoms with Gasteiger partial charge in [0.05, 0.1) is 11.8 Å². The summed E-state index contributed by atoms with van der Waals surface area (Å²) >= 11 is 0. The molecular weight excluding hydrogens is 295 g/mol. The molecule has 1 aromatic heterocycles. The van der Waals surface area contributed by atoms with Crippen LogP contribution in [0.5, 0.6) is 0 Å². The van der Waals surface area contributed by atoms with Gasteiger partial charge >= 0.3 is 0 Å². The fraction of sp³-hybridized carbons (Fsp3) is 0.412. The maximum atomic E-state index is 13.3. The van der Waals surface area contributed by atoms with Crippen LogP contribution in [-0.2, 0) is 13.0 Å². The summed E-state index contributed by atoms with van der Waals surface area (Å²) < 4.78 is 13.3. The number of aromatic nitrogens is 2. The zero-order chi connectivity index (χ0) is 16.4.